The molecule has 0 aromatic rings. The van der Waals surface area contributed by atoms with Crippen molar-refractivity contribution in [2.24, 2.45) is 0 Å². The summed E-state index contributed by atoms with van der Waals surface area (Å²) in [6, 6.07) is 0. The molecule has 0 spiro atoms. The summed E-state index contributed by atoms with van der Waals surface area (Å²) in [5, 5.41) is 6.54. The molecular formula is C8H15N. The van der Waals surface area contributed by atoms with Crippen LogP contribution in [0.4, 0.5) is 0 Å². The van der Waals surface area contributed by atoms with Crippen molar-refractivity contribution in [1.29, 1.82) is 5.41 Å². The second-order valence-corrected chi connectivity index (χ2v) is 1.08. The molecule has 0 radical (unpaired) electrons. The lowest BCUT2D eigenvalue weighted by atomic mass is 10.4. The fourth-order valence-electron chi connectivity index (χ4n) is 0.231. The molecule has 0 saturated heterocycles. The molecule has 0 rings (SSSR count). The van der Waals surface area contributed by atoms with Crippen molar-refractivity contribution in [2.45, 2.75) is 20.8 Å². The van der Waals surface area contributed by atoms with Gasteiger partial charge in [-0.2, -0.15) is 0 Å². The first-order chi connectivity index (χ1) is 4.41. The van der Waals surface area contributed by atoms with Crippen LogP contribution in [0.25, 0.3) is 0 Å². The van der Waals surface area contributed by atoms with Gasteiger partial charge in [-0.15, -0.1) is 0 Å². The van der Waals surface area contributed by atoms with Gasteiger partial charge in [0.1, 0.15) is 0 Å². The maximum absolute atomic E-state index is 6.54. The minimum absolute atomic E-state index is 1.25. The monoisotopic (exact) mass is 125 g/mol. The van der Waals surface area contributed by atoms with Crippen LogP contribution >= 0.6 is 0 Å². The topological polar surface area (TPSA) is 23.9 Å². The molecule has 1 nitrogen and oxygen atoms in total. The molecule has 0 aliphatic heterocycles. The number of nitrogens with one attached hydrogen (secondary N) is 1. The molecule has 0 aromatic carbocycles. The zero-order valence-corrected chi connectivity index (χ0v) is 6.39. The Kier molecular flexibility index (Phi) is 19.2. The average Bonchev–Trinajstić information content (AvgIpc) is 1.94. The zero-order chi connectivity index (χ0) is 7.54. The van der Waals surface area contributed by atoms with E-state index < -0.39 is 0 Å². The lowest BCUT2D eigenvalue weighted by molar-refractivity contribution is 1.50. The number of hydrogen-bond donors (Lipinski definition) is 1. The van der Waals surface area contributed by atoms with E-state index in [1.54, 1.807) is 6.08 Å². The van der Waals surface area contributed by atoms with E-state index in [1.807, 2.05) is 39.0 Å². The van der Waals surface area contributed by atoms with Gasteiger partial charge in [-0.1, -0.05) is 32.1 Å². The average molecular weight is 125 g/mol. The fraction of sp³-hybridized carbons (Fsp3) is 0.375. The highest BCUT2D eigenvalue weighted by Crippen LogP contribution is 1.70. The Morgan fingerprint density at radius 1 is 1.00 bits per heavy atom. The molecule has 52 valence electrons. The van der Waals surface area contributed by atoms with Gasteiger partial charge in [0.15, 0.2) is 0 Å². The third-order valence-electron chi connectivity index (χ3n) is 0.511. The van der Waals surface area contributed by atoms with Crippen molar-refractivity contribution in [2.75, 3.05) is 0 Å². The molecule has 0 aliphatic rings. The summed E-state index contributed by atoms with van der Waals surface area (Å²) in [6.45, 7) is 5.94. The van der Waals surface area contributed by atoms with Gasteiger partial charge < -0.3 is 5.41 Å². The Hall–Kier alpha value is -0.850. The fourth-order valence-corrected chi connectivity index (χ4v) is 0.231. The quantitative estimate of drug-likeness (QED) is 0.433. The first kappa shape index (κ1) is 11.0. The van der Waals surface area contributed by atoms with Gasteiger partial charge in [-0.05, 0) is 13.0 Å². The van der Waals surface area contributed by atoms with Crippen LogP contribution in [0, 0.1) is 5.41 Å². The second-order valence-electron chi connectivity index (χ2n) is 1.08. The number of allylic oxidation sites excluding steroid dienone is 4. The third-order valence-corrected chi connectivity index (χ3v) is 0.511. The minimum atomic E-state index is 1.25. The molecule has 0 heterocycles. The summed E-state index contributed by atoms with van der Waals surface area (Å²) >= 11 is 0. The van der Waals surface area contributed by atoms with E-state index in [-0.39, 0.29) is 0 Å². The van der Waals surface area contributed by atoms with E-state index in [9.17, 15) is 0 Å². The van der Waals surface area contributed by atoms with Gasteiger partial charge >= 0.3 is 0 Å². The summed E-state index contributed by atoms with van der Waals surface area (Å²) in [6.07, 6.45) is 8.53. The Morgan fingerprint density at radius 2 is 1.56 bits per heavy atom. The van der Waals surface area contributed by atoms with Gasteiger partial charge in [0.25, 0.3) is 0 Å². The van der Waals surface area contributed by atoms with Crippen LogP contribution in [0.2, 0.25) is 0 Å². The molecule has 9 heavy (non-hydrogen) atoms. The van der Waals surface area contributed by atoms with Crippen molar-refractivity contribution in [3.63, 3.8) is 0 Å². The largest absolute Gasteiger partial charge is 0.309 e. The highest BCUT2D eigenvalue weighted by Gasteiger charge is 1.53. The predicted molar refractivity (Wildman–Crippen MR) is 44.1 cm³/mol. The third kappa shape index (κ3) is 19.1. The van der Waals surface area contributed by atoms with E-state index in [1.165, 1.54) is 6.21 Å². The van der Waals surface area contributed by atoms with Crippen LogP contribution in [0.3, 0.4) is 0 Å². The normalized spacial score (nSPS) is 9.22. The summed E-state index contributed by atoms with van der Waals surface area (Å²) in [5.41, 5.74) is 0. The van der Waals surface area contributed by atoms with Crippen LogP contribution < -0.4 is 0 Å². The van der Waals surface area contributed by atoms with E-state index in [0.717, 1.165) is 0 Å². The Morgan fingerprint density at radius 3 is 1.89 bits per heavy atom. The Labute approximate surface area is 57.6 Å². The zero-order valence-electron chi connectivity index (χ0n) is 6.39. The summed E-state index contributed by atoms with van der Waals surface area (Å²) in [5.74, 6) is 0. The lowest BCUT2D eigenvalue weighted by Crippen LogP contribution is -1.52. The SMILES string of the molecule is C/C=C/C=C\C=N.CC. The standard InChI is InChI=1S/C6H9N.C2H6/c1-2-3-4-5-6-7;1-2/h2-7H,1H3;1-2H3/b3-2+,5-4-,7-6?;. The maximum Gasteiger partial charge on any atom is 0.0177 e. The molecule has 0 aromatic heterocycles. The Bertz CT molecular complexity index is 90.7. The summed E-state index contributed by atoms with van der Waals surface area (Å²) in [7, 11) is 0. The molecule has 1 heteroatoms. The molecule has 0 amide bonds. The Balaban J connectivity index is 0. The van der Waals surface area contributed by atoms with Crippen LogP contribution in [0.1, 0.15) is 20.8 Å². The van der Waals surface area contributed by atoms with Gasteiger partial charge in [0, 0.05) is 6.21 Å². The van der Waals surface area contributed by atoms with Crippen LogP contribution in [0.15, 0.2) is 24.3 Å². The van der Waals surface area contributed by atoms with E-state index >= 15 is 0 Å². The van der Waals surface area contributed by atoms with Gasteiger partial charge in [-0.3, -0.25) is 0 Å². The van der Waals surface area contributed by atoms with Crippen molar-refractivity contribution in [3.8, 4) is 0 Å². The molecule has 0 saturated carbocycles. The molecule has 1 N–H and O–H groups in total. The van der Waals surface area contributed by atoms with Crippen molar-refractivity contribution < 1.29 is 0 Å². The van der Waals surface area contributed by atoms with E-state index in [0.29, 0.717) is 0 Å². The molecule has 0 bridgehead atoms. The van der Waals surface area contributed by atoms with Crippen LogP contribution in [-0.2, 0) is 0 Å². The van der Waals surface area contributed by atoms with Gasteiger partial charge in [0.05, 0.1) is 0 Å². The first-order valence-corrected chi connectivity index (χ1v) is 3.20. The maximum atomic E-state index is 6.54. The second kappa shape index (κ2) is 15.7. The highest BCUT2D eigenvalue weighted by molar-refractivity contribution is 5.67. The smallest absolute Gasteiger partial charge is 0.0177 e. The summed E-state index contributed by atoms with van der Waals surface area (Å²) < 4.78 is 0. The van der Waals surface area contributed by atoms with Gasteiger partial charge in [-0.25, -0.2) is 0 Å². The predicted octanol–water partition coefficient (Wildman–Crippen LogP) is 2.79. The molecule has 0 atom stereocenters. The van der Waals surface area contributed by atoms with Crippen molar-refractivity contribution in [1.82, 2.24) is 0 Å². The summed E-state index contributed by atoms with van der Waals surface area (Å²) in [4.78, 5) is 0. The number of rotatable bonds is 2. The first-order valence-electron chi connectivity index (χ1n) is 3.20. The molecule has 0 aliphatic carbocycles. The molecular weight excluding hydrogens is 110 g/mol. The molecule has 0 unspecified atom stereocenters. The van der Waals surface area contributed by atoms with Crippen LogP contribution in [-0.4, -0.2) is 6.21 Å². The lowest BCUT2D eigenvalue weighted by Gasteiger charge is -1.64. The number of hydrogen-bond acceptors (Lipinski definition) is 1. The van der Waals surface area contributed by atoms with Crippen molar-refractivity contribution >= 4 is 6.21 Å². The van der Waals surface area contributed by atoms with E-state index in [2.05, 4.69) is 0 Å². The van der Waals surface area contributed by atoms with E-state index in [4.69, 9.17) is 5.41 Å². The van der Waals surface area contributed by atoms with Crippen LogP contribution in [0.5, 0.6) is 0 Å². The van der Waals surface area contributed by atoms with Gasteiger partial charge in [0.2, 0.25) is 0 Å². The molecule has 0 fully saturated rings. The highest BCUT2D eigenvalue weighted by atomic mass is 14.3. The minimum Gasteiger partial charge on any atom is -0.309 e. The van der Waals surface area contributed by atoms with Crippen molar-refractivity contribution in [3.05, 3.63) is 24.3 Å².